The summed E-state index contributed by atoms with van der Waals surface area (Å²) in [5, 5.41) is 12.7. The Morgan fingerprint density at radius 3 is 2.61 bits per heavy atom. The van der Waals surface area contributed by atoms with Crippen molar-refractivity contribution in [2.45, 2.75) is 65.1 Å². The highest BCUT2D eigenvalue weighted by molar-refractivity contribution is 5.78. The van der Waals surface area contributed by atoms with Gasteiger partial charge in [0.25, 0.3) is 0 Å². The minimum atomic E-state index is -0.862. The second kappa shape index (κ2) is 6.02. The van der Waals surface area contributed by atoms with E-state index in [9.17, 15) is 9.90 Å². The maximum atomic E-state index is 11.5. The highest BCUT2D eigenvalue weighted by Gasteiger charge is 2.38. The molecule has 1 aliphatic heterocycles. The monoisotopic (exact) mass is 256 g/mol. The molecule has 2 N–H and O–H groups in total. The molecule has 1 heterocycles. The Morgan fingerprint density at radius 2 is 2.11 bits per heavy atom. The molecule has 0 aromatic heterocycles. The van der Waals surface area contributed by atoms with E-state index in [0.29, 0.717) is 18.5 Å². The number of carboxylic acid groups (broad SMARTS) is 1. The van der Waals surface area contributed by atoms with E-state index in [0.717, 1.165) is 6.54 Å². The molecule has 4 heteroatoms. The standard InChI is InChI=1S/C14H28N2O2/c1-10(2)15-14(5,13(17)18)9-16-8-6-7-11(3)12(16)4/h10-12,15H,6-9H2,1-5H3,(H,17,18). The molecule has 0 radical (unpaired) electrons. The summed E-state index contributed by atoms with van der Waals surface area (Å²) in [7, 11) is 0. The van der Waals surface area contributed by atoms with E-state index in [2.05, 4.69) is 24.1 Å². The lowest BCUT2D eigenvalue weighted by molar-refractivity contribution is -0.146. The first-order chi connectivity index (χ1) is 8.26. The van der Waals surface area contributed by atoms with E-state index >= 15 is 0 Å². The number of nitrogens with zero attached hydrogens (tertiary/aromatic N) is 1. The molecule has 0 aromatic carbocycles. The first kappa shape index (κ1) is 15.4. The highest BCUT2D eigenvalue weighted by atomic mass is 16.4. The van der Waals surface area contributed by atoms with Crippen LogP contribution in [0.1, 0.15) is 47.5 Å². The van der Waals surface area contributed by atoms with Crippen molar-refractivity contribution in [3.8, 4) is 0 Å². The fraction of sp³-hybridized carbons (Fsp3) is 0.929. The zero-order chi connectivity index (χ0) is 13.9. The van der Waals surface area contributed by atoms with Crippen molar-refractivity contribution in [1.82, 2.24) is 10.2 Å². The van der Waals surface area contributed by atoms with Gasteiger partial charge in [0.1, 0.15) is 5.54 Å². The Labute approximate surface area is 111 Å². The highest BCUT2D eigenvalue weighted by Crippen LogP contribution is 2.24. The molecule has 0 saturated carbocycles. The number of likely N-dealkylation sites (tertiary alicyclic amines) is 1. The minimum absolute atomic E-state index is 0.170. The number of rotatable bonds is 5. The van der Waals surface area contributed by atoms with Crippen molar-refractivity contribution in [2.24, 2.45) is 5.92 Å². The van der Waals surface area contributed by atoms with Gasteiger partial charge in [-0.2, -0.15) is 0 Å². The van der Waals surface area contributed by atoms with Gasteiger partial charge in [0.15, 0.2) is 0 Å². The van der Waals surface area contributed by atoms with Crippen LogP contribution in [0, 0.1) is 5.92 Å². The van der Waals surface area contributed by atoms with Crippen molar-refractivity contribution in [3.05, 3.63) is 0 Å². The van der Waals surface area contributed by atoms with Crippen LogP contribution in [0.5, 0.6) is 0 Å². The van der Waals surface area contributed by atoms with Gasteiger partial charge >= 0.3 is 5.97 Å². The number of hydrogen-bond donors (Lipinski definition) is 2. The van der Waals surface area contributed by atoms with Gasteiger partial charge in [0.05, 0.1) is 0 Å². The Bertz CT molecular complexity index is 294. The molecule has 4 nitrogen and oxygen atoms in total. The first-order valence-electron chi connectivity index (χ1n) is 7.01. The minimum Gasteiger partial charge on any atom is -0.480 e. The Morgan fingerprint density at radius 1 is 1.50 bits per heavy atom. The smallest absolute Gasteiger partial charge is 0.324 e. The molecule has 1 saturated heterocycles. The van der Waals surface area contributed by atoms with Crippen molar-refractivity contribution in [2.75, 3.05) is 13.1 Å². The van der Waals surface area contributed by atoms with E-state index in [1.807, 2.05) is 13.8 Å². The summed E-state index contributed by atoms with van der Waals surface area (Å²) in [5.74, 6) is -0.113. The van der Waals surface area contributed by atoms with Crippen LogP contribution in [0.3, 0.4) is 0 Å². The van der Waals surface area contributed by atoms with E-state index in [4.69, 9.17) is 0 Å². The molecule has 18 heavy (non-hydrogen) atoms. The molecule has 0 amide bonds. The van der Waals surface area contributed by atoms with Crippen LogP contribution < -0.4 is 5.32 Å². The van der Waals surface area contributed by atoms with E-state index in [1.54, 1.807) is 6.92 Å². The molecule has 3 unspecified atom stereocenters. The van der Waals surface area contributed by atoms with Crippen molar-refractivity contribution < 1.29 is 9.90 Å². The second-order valence-corrected chi connectivity index (χ2v) is 6.27. The van der Waals surface area contributed by atoms with E-state index in [-0.39, 0.29) is 6.04 Å². The van der Waals surface area contributed by atoms with Crippen LogP contribution in [0.15, 0.2) is 0 Å². The van der Waals surface area contributed by atoms with Crippen molar-refractivity contribution in [3.63, 3.8) is 0 Å². The maximum Gasteiger partial charge on any atom is 0.324 e. The summed E-state index contributed by atoms with van der Waals surface area (Å²) in [6.45, 7) is 11.8. The SMILES string of the molecule is CC(C)NC(C)(CN1CCCC(C)C1C)C(=O)O. The number of aliphatic carboxylic acids is 1. The van der Waals surface area contributed by atoms with Gasteiger partial charge in [0, 0.05) is 18.6 Å². The average Bonchev–Trinajstić information content (AvgIpc) is 2.23. The third kappa shape index (κ3) is 3.69. The number of carboxylic acids is 1. The fourth-order valence-corrected chi connectivity index (χ4v) is 2.86. The van der Waals surface area contributed by atoms with E-state index < -0.39 is 11.5 Å². The number of nitrogens with one attached hydrogen (secondary N) is 1. The molecule has 1 aliphatic rings. The molecule has 0 bridgehead atoms. The van der Waals surface area contributed by atoms with Gasteiger partial charge in [-0.25, -0.2) is 0 Å². The lowest BCUT2D eigenvalue weighted by Gasteiger charge is -2.42. The van der Waals surface area contributed by atoms with Gasteiger partial charge in [-0.1, -0.05) is 6.92 Å². The molecule has 1 fully saturated rings. The fourth-order valence-electron chi connectivity index (χ4n) is 2.86. The predicted octanol–water partition coefficient (Wildman–Crippen LogP) is 1.95. The Hall–Kier alpha value is -0.610. The zero-order valence-electron chi connectivity index (χ0n) is 12.4. The first-order valence-corrected chi connectivity index (χ1v) is 7.01. The van der Waals surface area contributed by atoms with Crippen LogP contribution in [0.4, 0.5) is 0 Å². The lowest BCUT2D eigenvalue weighted by Crippen LogP contribution is -2.61. The number of hydrogen-bond acceptors (Lipinski definition) is 3. The topological polar surface area (TPSA) is 52.6 Å². The van der Waals surface area contributed by atoms with Gasteiger partial charge in [0.2, 0.25) is 0 Å². The summed E-state index contributed by atoms with van der Waals surface area (Å²) in [6, 6.07) is 0.634. The predicted molar refractivity (Wildman–Crippen MR) is 73.7 cm³/mol. The van der Waals surface area contributed by atoms with Crippen LogP contribution in [-0.4, -0.2) is 46.7 Å². The average molecular weight is 256 g/mol. The summed E-state index contributed by atoms with van der Waals surface area (Å²) >= 11 is 0. The normalized spacial score (nSPS) is 29.2. The van der Waals surface area contributed by atoms with Gasteiger partial charge in [-0.05, 0) is 53.0 Å². The second-order valence-electron chi connectivity index (χ2n) is 6.27. The maximum absolute atomic E-state index is 11.5. The van der Waals surface area contributed by atoms with Gasteiger partial charge in [-0.15, -0.1) is 0 Å². The molecule has 0 aliphatic carbocycles. The van der Waals surface area contributed by atoms with Crippen molar-refractivity contribution in [1.29, 1.82) is 0 Å². The summed E-state index contributed by atoms with van der Waals surface area (Å²) in [5.41, 5.74) is -0.862. The quantitative estimate of drug-likeness (QED) is 0.789. The van der Waals surface area contributed by atoms with Crippen LogP contribution in [-0.2, 0) is 4.79 Å². The summed E-state index contributed by atoms with van der Waals surface area (Å²) in [6.07, 6.45) is 2.42. The molecule has 0 aromatic rings. The summed E-state index contributed by atoms with van der Waals surface area (Å²) in [4.78, 5) is 13.8. The molecular weight excluding hydrogens is 228 g/mol. The zero-order valence-corrected chi connectivity index (χ0v) is 12.4. The molecule has 3 atom stereocenters. The van der Waals surface area contributed by atoms with Crippen LogP contribution >= 0.6 is 0 Å². The molecular formula is C14H28N2O2. The van der Waals surface area contributed by atoms with E-state index in [1.165, 1.54) is 12.8 Å². The third-order valence-electron chi connectivity index (χ3n) is 4.10. The molecule has 0 spiro atoms. The van der Waals surface area contributed by atoms with Gasteiger partial charge < -0.3 is 5.11 Å². The molecule has 1 rings (SSSR count). The third-order valence-corrected chi connectivity index (χ3v) is 4.10. The van der Waals surface area contributed by atoms with Crippen molar-refractivity contribution >= 4 is 5.97 Å². The molecule has 106 valence electrons. The number of carbonyl (C=O) groups is 1. The lowest BCUT2D eigenvalue weighted by atomic mass is 9.89. The Balaban J connectivity index is 2.74. The number of piperidine rings is 1. The largest absolute Gasteiger partial charge is 0.480 e. The Kier molecular flexibility index (Phi) is 5.17. The summed E-state index contributed by atoms with van der Waals surface area (Å²) < 4.78 is 0. The van der Waals surface area contributed by atoms with Crippen LogP contribution in [0.2, 0.25) is 0 Å². The van der Waals surface area contributed by atoms with Gasteiger partial charge in [-0.3, -0.25) is 15.0 Å². The van der Waals surface area contributed by atoms with Crippen LogP contribution in [0.25, 0.3) is 0 Å².